The van der Waals surface area contributed by atoms with Crippen LogP contribution in [0.2, 0.25) is 0 Å². The van der Waals surface area contributed by atoms with Crippen LogP contribution >= 0.6 is 0 Å². The van der Waals surface area contributed by atoms with Gasteiger partial charge in [0.2, 0.25) is 0 Å². The van der Waals surface area contributed by atoms with Gasteiger partial charge in [-0.15, -0.1) is 0 Å². The minimum atomic E-state index is 0.839. The predicted molar refractivity (Wildman–Crippen MR) is 53.3 cm³/mol. The van der Waals surface area contributed by atoms with Crippen LogP contribution in [0.3, 0.4) is 0 Å². The van der Waals surface area contributed by atoms with E-state index in [0.29, 0.717) is 0 Å². The Labute approximate surface area is 78.6 Å². The molecule has 2 heteroatoms. The number of hydrogen-bond donors (Lipinski definition) is 1. The second-order valence-corrected chi connectivity index (χ2v) is 3.73. The van der Waals surface area contributed by atoms with Crippen molar-refractivity contribution in [3.05, 3.63) is 29.7 Å². The van der Waals surface area contributed by atoms with E-state index >= 15 is 0 Å². The Bertz CT molecular complexity index is 283. The molecule has 0 saturated carbocycles. The van der Waals surface area contributed by atoms with E-state index in [4.69, 9.17) is 4.42 Å². The summed E-state index contributed by atoms with van der Waals surface area (Å²) in [6.07, 6.45) is 5.02. The molecule has 1 saturated heterocycles. The average molecular weight is 177 g/mol. The number of nitrogens with one attached hydrogen (secondary N) is 1. The van der Waals surface area contributed by atoms with Crippen LogP contribution in [-0.4, -0.2) is 13.1 Å². The molecule has 1 aliphatic heterocycles. The molecule has 2 rings (SSSR count). The first-order chi connectivity index (χ1) is 6.34. The van der Waals surface area contributed by atoms with Crippen molar-refractivity contribution in [2.45, 2.75) is 13.3 Å². The van der Waals surface area contributed by atoms with E-state index in [1.54, 1.807) is 6.26 Å². The average Bonchev–Trinajstić information content (AvgIpc) is 2.49. The summed E-state index contributed by atoms with van der Waals surface area (Å²) in [7, 11) is 0. The fourth-order valence-electron chi connectivity index (χ4n) is 1.62. The van der Waals surface area contributed by atoms with Crippen molar-refractivity contribution in [3.63, 3.8) is 0 Å². The molecule has 0 aliphatic carbocycles. The van der Waals surface area contributed by atoms with Gasteiger partial charge in [-0.05, 0) is 50.6 Å². The van der Waals surface area contributed by atoms with Crippen LogP contribution in [0.4, 0.5) is 0 Å². The quantitative estimate of drug-likeness (QED) is 0.766. The predicted octanol–water partition coefficient (Wildman–Crippen LogP) is 2.29. The third-order valence-electron chi connectivity index (χ3n) is 2.41. The van der Waals surface area contributed by atoms with Crippen LogP contribution in [0.5, 0.6) is 0 Å². The zero-order valence-corrected chi connectivity index (χ0v) is 7.92. The molecule has 1 fully saturated rings. The molecule has 1 N–H and O–H groups in total. The van der Waals surface area contributed by atoms with Gasteiger partial charge in [0.25, 0.3) is 0 Å². The fourth-order valence-corrected chi connectivity index (χ4v) is 1.62. The number of rotatable bonds is 3. The number of furan rings is 1. The van der Waals surface area contributed by atoms with Gasteiger partial charge in [0.1, 0.15) is 5.76 Å². The molecule has 70 valence electrons. The van der Waals surface area contributed by atoms with Gasteiger partial charge in [-0.1, -0.05) is 5.57 Å². The van der Waals surface area contributed by atoms with Crippen molar-refractivity contribution in [2.24, 2.45) is 5.92 Å². The summed E-state index contributed by atoms with van der Waals surface area (Å²) in [4.78, 5) is 0. The summed E-state index contributed by atoms with van der Waals surface area (Å²) in [6, 6.07) is 3.91. The molecule has 0 radical (unpaired) electrons. The molecule has 13 heavy (non-hydrogen) atoms. The topological polar surface area (TPSA) is 25.2 Å². The Balaban J connectivity index is 1.91. The van der Waals surface area contributed by atoms with Gasteiger partial charge in [-0.2, -0.15) is 0 Å². The number of hydrogen-bond acceptors (Lipinski definition) is 2. The van der Waals surface area contributed by atoms with E-state index in [1.807, 2.05) is 12.1 Å². The van der Waals surface area contributed by atoms with Gasteiger partial charge in [-0.3, -0.25) is 0 Å². The van der Waals surface area contributed by atoms with Gasteiger partial charge in [-0.25, -0.2) is 0 Å². The second kappa shape index (κ2) is 3.79. The maximum Gasteiger partial charge on any atom is 0.126 e. The highest BCUT2D eigenvalue weighted by molar-refractivity contribution is 5.46. The summed E-state index contributed by atoms with van der Waals surface area (Å²) in [5, 5.41) is 3.27. The lowest BCUT2D eigenvalue weighted by Gasteiger charge is -2.27. The van der Waals surface area contributed by atoms with E-state index in [9.17, 15) is 0 Å². The van der Waals surface area contributed by atoms with Crippen molar-refractivity contribution < 1.29 is 4.42 Å². The lowest BCUT2D eigenvalue weighted by molar-refractivity contribution is 0.346. The van der Waals surface area contributed by atoms with Crippen LogP contribution in [0, 0.1) is 5.92 Å². The standard InChI is InChI=1S/C11H15NO/c1-9(5-10-7-12-8-10)6-11-3-2-4-13-11/h2-4,6,10,12H,5,7-8H2,1H3/b9-6+. The molecular formula is C11H15NO. The van der Waals surface area contributed by atoms with Gasteiger partial charge in [0.05, 0.1) is 6.26 Å². The van der Waals surface area contributed by atoms with Gasteiger partial charge < -0.3 is 9.73 Å². The monoisotopic (exact) mass is 177 g/mol. The summed E-state index contributed by atoms with van der Waals surface area (Å²) in [5.74, 6) is 1.80. The van der Waals surface area contributed by atoms with Crippen molar-refractivity contribution in [1.29, 1.82) is 0 Å². The SMILES string of the molecule is C/C(=C\c1ccco1)CC1CNC1. The van der Waals surface area contributed by atoms with Crippen molar-refractivity contribution in [1.82, 2.24) is 5.32 Å². The van der Waals surface area contributed by atoms with Crippen molar-refractivity contribution >= 4 is 6.08 Å². The van der Waals surface area contributed by atoms with Crippen molar-refractivity contribution in [2.75, 3.05) is 13.1 Å². The molecule has 2 heterocycles. The third kappa shape index (κ3) is 2.22. The van der Waals surface area contributed by atoms with E-state index in [2.05, 4.69) is 18.3 Å². The van der Waals surface area contributed by atoms with E-state index in [-0.39, 0.29) is 0 Å². The molecule has 1 aromatic rings. The minimum absolute atomic E-state index is 0.839. The van der Waals surface area contributed by atoms with Gasteiger partial charge >= 0.3 is 0 Å². The first-order valence-corrected chi connectivity index (χ1v) is 4.76. The Morgan fingerprint density at radius 2 is 2.54 bits per heavy atom. The molecule has 0 amide bonds. The highest BCUT2D eigenvalue weighted by Gasteiger charge is 2.16. The molecule has 1 aromatic heterocycles. The van der Waals surface area contributed by atoms with Crippen LogP contribution in [0.1, 0.15) is 19.1 Å². The maximum atomic E-state index is 5.25. The Hall–Kier alpha value is -1.02. The van der Waals surface area contributed by atoms with E-state index in [1.165, 1.54) is 25.1 Å². The first kappa shape index (κ1) is 8.57. The molecule has 0 unspecified atom stereocenters. The maximum absolute atomic E-state index is 5.25. The van der Waals surface area contributed by atoms with Gasteiger partial charge in [0, 0.05) is 0 Å². The van der Waals surface area contributed by atoms with Crippen molar-refractivity contribution in [3.8, 4) is 0 Å². The number of allylic oxidation sites excluding steroid dienone is 1. The lowest BCUT2D eigenvalue weighted by atomic mass is 9.95. The molecule has 0 spiro atoms. The lowest BCUT2D eigenvalue weighted by Crippen LogP contribution is -2.41. The normalized spacial score (nSPS) is 18.7. The molecular weight excluding hydrogens is 162 g/mol. The summed E-state index contributed by atoms with van der Waals surface area (Å²) >= 11 is 0. The van der Waals surface area contributed by atoms with Crippen LogP contribution in [0.25, 0.3) is 6.08 Å². The zero-order chi connectivity index (χ0) is 9.10. The molecule has 0 bridgehead atoms. The second-order valence-electron chi connectivity index (χ2n) is 3.73. The molecule has 2 nitrogen and oxygen atoms in total. The summed E-state index contributed by atoms with van der Waals surface area (Å²) in [6.45, 7) is 4.51. The summed E-state index contributed by atoms with van der Waals surface area (Å²) < 4.78 is 5.25. The minimum Gasteiger partial charge on any atom is -0.465 e. The molecule has 0 aromatic carbocycles. The van der Waals surface area contributed by atoms with E-state index in [0.717, 1.165) is 11.7 Å². The Kier molecular flexibility index (Phi) is 2.50. The molecule has 0 atom stereocenters. The largest absolute Gasteiger partial charge is 0.465 e. The first-order valence-electron chi connectivity index (χ1n) is 4.76. The van der Waals surface area contributed by atoms with Crippen LogP contribution in [-0.2, 0) is 0 Å². The molecule has 1 aliphatic rings. The van der Waals surface area contributed by atoms with Gasteiger partial charge in [0.15, 0.2) is 0 Å². The zero-order valence-electron chi connectivity index (χ0n) is 7.92. The fraction of sp³-hybridized carbons (Fsp3) is 0.455. The van der Waals surface area contributed by atoms with Crippen LogP contribution < -0.4 is 5.32 Å². The highest BCUT2D eigenvalue weighted by atomic mass is 16.3. The summed E-state index contributed by atoms with van der Waals surface area (Å²) in [5.41, 5.74) is 1.40. The van der Waals surface area contributed by atoms with Crippen LogP contribution in [0.15, 0.2) is 28.4 Å². The Morgan fingerprint density at radius 3 is 3.08 bits per heavy atom. The third-order valence-corrected chi connectivity index (χ3v) is 2.41. The Morgan fingerprint density at radius 1 is 1.69 bits per heavy atom. The smallest absolute Gasteiger partial charge is 0.126 e. The van der Waals surface area contributed by atoms with E-state index < -0.39 is 0 Å². The highest BCUT2D eigenvalue weighted by Crippen LogP contribution is 2.17.